The lowest BCUT2D eigenvalue weighted by Crippen LogP contribution is -2.49. The third kappa shape index (κ3) is 1.48. The van der Waals surface area contributed by atoms with E-state index >= 15 is 0 Å². The lowest BCUT2D eigenvalue weighted by molar-refractivity contribution is -0.178. The Hall–Kier alpha value is -1.19. The number of hydrogen-bond donors (Lipinski definition) is 0. The summed E-state index contributed by atoms with van der Waals surface area (Å²) in [6.07, 6.45) is 0.559. The maximum absolute atomic E-state index is 11.4. The van der Waals surface area contributed by atoms with Crippen molar-refractivity contribution in [3.05, 3.63) is 0 Å². The van der Waals surface area contributed by atoms with Crippen LogP contribution >= 0.6 is 0 Å². The van der Waals surface area contributed by atoms with Gasteiger partial charge in [0.15, 0.2) is 11.4 Å². The van der Waals surface area contributed by atoms with Crippen LogP contribution in [0.15, 0.2) is 0 Å². The second-order valence-corrected chi connectivity index (χ2v) is 3.11. The van der Waals surface area contributed by atoms with E-state index in [2.05, 4.69) is 0 Å². The maximum Gasteiger partial charge on any atom is 0.376 e. The number of ether oxygens (including phenoxy) is 1. The average Bonchev–Trinajstić information content (AvgIpc) is 2.12. The Morgan fingerprint density at radius 2 is 1.77 bits per heavy atom. The Morgan fingerprint density at radius 1 is 1.23 bits per heavy atom. The molecule has 0 aromatic heterocycles. The monoisotopic (exact) mass is 184 g/mol. The second kappa shape index (κ2) is 3.28. The van der Waals surface area contributed by atoms with Gasteiger partial charge < -0.3 is 4.74 Å². The first-order valence-corrected chi connectivity index (χ1v) is 4.35. The number of cyclic esters (lactones) is 1. The molecule has 1 aliphatic rings. The van der Waals surface area contributed by atoms with Gasteiger partial charge in [0.2, 0.25) is 5.78 Å². The summed E-state index contributed by atoms with van der Waals surface area (Å²) in [7, 11) is 0. The Morgan fingerprint density at radius 3 is 2.23 bits per heavy atom. The van der Waals surface area contributed by atoms with Gasteiger partial charge >= 0.3 is 5.97 Å². The molecule has 0 saturated carbocycles. The normalized spacial score (nSPS) is 21.5. The van der Waals surface area contributed by atoms with Gasteiger partial charge in [-0.2, -0.15) is 0 Å². The Kier molecular flexibility index (Phi) is 2.50. The Labute approximate surface area is 76.3 Å². The van der Waals surface area contributed by atoms with Crippen molar-refractivity contribution in [2.75, 3.05) is 0 Å². The minimum atomic E-state index is -1.04. The van der Waals surface area contributed by atoms with Crippen molar-refractivity contribution in [1.82, 2.24) is 0 Å². The molecule has 4 heteroatoms. The van der Waals surface area contributed by atoms with Gasteiger partial charge in [-0.05, 0) is 12.8 Å². The van der Waals surface area contributed by atoms with Crippen molar-refractivity contribution < 1.29 is 19.1 Å². The third-order valence-corrected chi connectivity index (χ3v) is 2.49. The smallest absolute Gasteiger partial charge is 0.376 e. The summed E-state index contributed by atoms with van der Waals surface area (Å²) in [6, 6.07) is 0. The standard InChI is InChI=1S/C9H12O4/c1-3-9(4-2)7(11)5-6(10)8(12)13-9/h3-5H2,1-2H3. The van der Waals surface area contributed by atoms with Crippen LogP contribution in [0.25, 0.3) is 0 Å². The average molecular weight is 184 g/mol. The van der Waals surface area contributed by atoms with Crippen molar-refractivity contribution in [2.24, 2.45) is 0 Å². The molecule has 72 valence electrons. The van der Waals surface area contributed by atoms with Gasteiger partial charge in [-0.3, -0.25) is 9.59 Å². The van der Waals surface area contributed by atoms with Crippen molar-refractivity contribution in [1.29, 1.82) is 0 Å². The number of carbonyl (C=O) groups excluding carboxylic acids is 3. The van der Waals surface area contributed by atoms with E-state index in [0.717, 1.165) is 0 Å². The van der Waals surface area contributed by atoms with Crippen LogP contribution < -0.4 is 0 Å². The highest BCUT2D eigenvalue weighted by molar-refractivity contribution is 6.39. The summed E-state index contributed by atoms with van der Waals surface area (Å²) in [5.41, 5.74) is -1.04. The van der Waals surface area contributed by atoms with E-state index in [-0.39, 0.29) is 12.2 Å². The van der Waals surface area contributed by atoms with Gasteiger partial charge in [0.25, 0.3) is 0 Å². The van der Waals surface area contributed by atoms with E-state index in [9.17, 15) is 14.4 Å². The molecule has 13 heavy (non-hydrogen) atoms. The van der Waals surface area contributed by atoms with Crippen molar-refractivity contribution in [3.63, 3.8) is 0 Å². The summed E-state index contributed by atoms with van der Waals surface area (Å²) < 4.78 is 4.86. The molecule has 4 nitrogen and oxygen atoms in total. The van der Waals surface area contributed by atoms with Crippen molar-refractivity contribution in [3.8, 4) is 0 Å². The predicted octanol–water partition coefficient (Wildman–Crippen LogP) is 0.630. The second-order valence-electron chi connectivity index (χ2n) is 3.11. The van der Waals surface area contributed by atoms with Gasteiger partial charge in [-0.1, -0.05) is 13.8 Å². The largest absolute Gasteiger partial charge is 0.445 e. The van der Waals surface area contributed by atoms with Crippen molar-refractivity contribution in [2.45, 2.75) is 38.7 Å². The van der Waals surface area contributed by atoms with E-state index in [1.54, 1.807) is 13.8 Å². The summed E-state index contributed by atoms with van der Waals surface area (Å²) >= 11 is 0. The van der Waals surface area contributed by atoms with Crippen LogP contribution in [0, 0.1) is 0 Å². The van der Waals surface area contributed by atoms with Crippen LogP contribution in [-0.4, -0.2) is 23.1 Å². The molecule has 1 rings (SSSR count). The number of esters is 1. The lowest BCUT2D eigenvalue weighted by Gasteiger charge is -2.32. The zero-order valence-corrected chi connectivity index (χ0v) is 7.75. The van der Waals surface area contributed by atoms with E-state index in [0.29, 0.717) is 12.8 Å². The highest BCUT2D eigenvalue weighted by Gasteiger charge is 2.45. The van der Waals surface area contributed by atoms with Crippen LogP contribution in [0.4, 0.5) is 0 Å². The molecule has 0 aromatic rings. The molecule has 1 aliphatic heterocycles. The van der Waals surface area contributed by atoms with Crippen LogP contribution in [0.3, 0.4) is 0 Å². The third-order valence-electron chi connectivity index (χ3n) is 2.49. The molecule has 0 unspecified atom stereocenters. The fraction of sp³-hybridized carbons (Fsp3) is 0.667. The first kappa shape index (κ1) is 9.89. The number of Topliss-reactive ketones (excluding diaryl/α,β-unsaturated/α-hetero) is 2. The molecular weight excluding hydrogens is 172 g/mol. The highest BCUT2D eigenvalue weighted by atomic mass is 16.6. The number of ketones is 2. The maximum atomic E-state index is 11.4. The number of hydrogen-bond acceptors (Lipinski definition) is 4. The molecular formula is C9H12O4. The molecule has 0 aliphatic carbocycles. The SMILES string of the molecule is CCC1(CC)OC(=O)C(=O)CC1=O. The molecule has 1 saturated heterocycles. The highest BCUT2D eigenvalue weighted by Crippen LogP contribution is 2.27. The lowest BCUT2D eigenvalue weighted by atomic mass is 9.87. The minimum Gasteiger partial charge on any atom is -0.445 e. The van der Waals surface area contributed by atoms with Crippen LogP contribution in [-0.2, 0) is 19.1 Å². The fourth-order valence-electron chi connectivity index (χ4n) is 1.46. The molecule has 0 amide bonds. The Balaban J connectivity index is 2.93. The first-order chi connectivity index (χ1) is 6.05. The quantitative estimate of drug-likeness (QED) is 0.359. The molecule has 0 spiro atoms. The molecule has 1 fully saturated rings. The molecule has 1 heterocycles. The van der Waals surface area contributed by atoms with Crippen molar-refractivity contribution >= 4 is 17.5 Å². The van der Waals surface area contributed by atoms with Crippen LogP contribution in [0.2, 0.25) is 0 Å². The van der Waals surface area contributed by atoms with Gasteiger partial charge in [-0.15, -0.1) is 0 Å². The summed E-state index contributed by atoms with van der Waals surface area (Å²) in [5.74, 6) is -1.88. The zero-order chi connectivity index (χ0) is 10.1. The van der Waals surface area contributed by atoms with E-state index < -0.39 is 17.4 Å². The fourth-order valence-corrected chi connectivity index (χ4v) is 1.46. The first-order valence-electron chi connectivity index (χ1n) is 4.35. The van der Waals surface area contributed by atoms with E-state index in [4.69, 9.17) is 4.74 Å². The molecule has 0 radical (unpaired) electrons. The van der Waals surface area contributed by atoms with Gasteiger partial charge in [0.1, 0.15) is 0 Å². The topological polar surface area (TPSA) is 60.4 Å². The molecule has 0 N–H and O–H groups in total. The zero-order valence-electron chi connectivity index (χ0n) is 7.75. The molecule has 0 atom stereocenters. The minimum absolute atomic E-state index is 0.276. The predicted molar refractivity (Wildman–Crippen MR) is 44.0 cm³/mol. The van der Waals surface area contributed by atoms with E-state index in [1.807, 2.05) is 0 Å². The van der Waals surface area contributed by atoms with Crippen LogP contribution in [0.1, 0.15) is 33.1 Å². The molecule has 0 bridgehead atoms. The summed E-state index contributed by atoms with van der Waals surface area (Å²) in [6.45, 7) is 3.54. The summed E-state index contributed by atoms with van der Waals surface area (Å²) in [5, 5.41) is 0. The van der Waals surface area contributed by atoms with Gasteiger partial charge in [0, 0.05) is 0 Å². The Bertz CT molecular complexity index is 263. The molecule has 0 aromatic carbocycles. The number of rotatable bonds is 2. The summed E-state index contributed by atoms with van der Waals surface area (Å²) in [4.78, 5) is 33.2. The van der Waals surface area contributed by atoms with Gasteiger partial charge in [0.05, 0.1) is 6.42 Å². The van der Waals surface area contributed by atoms with Gasteiger partial charge in [-0.25, -0.2) is 4.79 Å². The van der Waals surface area contributed by atoms with Crippen LogP contribution in [0.5, 0.6) is 0 Å². The van der Waals surface area contributed by atoms with E-state index in [1.165, 1.54) is 0 Å². The number of carbonyl (C=O) groups is 3.